The maximum Gasteiger partial charge on any atom is 0.433 e. The summed E-state index contributed by atoms with van der Waals surface area (Å²) in [5.74, 6) is 0. The third kappa shape index (κ3) is 2.55. The highest BCUT2D eigenvalue weighted by Gasteiger charge is 2.35. The van der Waals surface area contributed by atoms with E-state index in [0.29, 0.717) is 6.54 Å². The zero-order valence-electron chi connectivity index (χ0n) is 8.80. The molecule has 0 spiro atoms. The molecule has 1 N–H and O–H groups in total. The predicted molar refractivity (Wildman–Crippen MR) is 52.9 cm³/mol. The molecule has 2 heterocycles. The molecule has 1 fully saturated rings. The van der Waals surface area contributed by atoms with Crippen LogP contribution in [0.1, 0.15) is 25.0 Å². The van der Waals surface area contributed by atoms with Crippen LogP contribution in [-0.4, -0.2) is 22.4 Å². The van der Waals surface area contributed by atoms with E-state index in [4.69, 9.17) is 0 Å². The first-order valence-corrected chi connectivity index (χ1v) is 5.40. The minimum Gasteiger partial charge on any atom is -0.312 e. The van der Waals surface area contributed by atoms with Crippen molar-refractivity contribution in [3.05, 3.63) is 18.0 Å². The number of halogens is 3. The molecule has 90 valence electrons. The summed E-state index contributed by atoms with van der Waals surface area (Å²) in [6.45, 7) is 1.18. The first-order valence-electron chi connectivity index (χ1n) is 5.40. The van der Waals surface area contributed by atoms with E-state index in [-0.39, 0.29) is 6.04 Å². The van der Waals surface area contributed by atoms with Gasteiger partial charge in [0.25, 0.3) is 0 Å². The fraction of sp³-hybridized carbons (Fsp3) is 0.700. The molecule has 1 aliphatic heterocycles. The Bertz CT molecular complexity index is 339. The van der Waals surface area contributed by atoms with Crippen LogP contribution in [0.3, 0.4) is 0 Å². The second-order valence-electron chi connectivity index (χ2n) is 4.04. The fourth-order valence-corrected chi connectivity index (χ4v) is 2.01. The molecule has 0 radical (unpaired) electrons. The Kier molecular flexibility index (Phi) is 3.18. The number of nitrogens with zero attached hydrogens (tertiary/aromatic N) is 2. The molecule has 0 saturated carbocycles. The standard InChI is InChI=1S/C10H14F3N3/c11-10(12,13)9-4-6-15-16(9)7-8-3-1-2-5-14-8/h4,6,8,14H,1-3,5,7H2. The Balaban J connectivity index is 2.06. The summed E-state index contributed by atoms with van der Waals surface area (Å²) in [5, 5.41) is 6.94. The van der Waals surface area contributed by atoms with Gasteiger partial charge in [0, 0.05) is 12.2 Å². The van der Waals surface area contributed by atoms with Crippen molar-refractivity contribution in [1.29, 1.82) is 0 Å². The lowest BCUT2D eigenvalue weighted by Crippen LogP contribution is -2.38. The average molecular weight is 233 g/mol. The lowest BCUT2D eigenvalue weighted by Gasteiger charge is -2.24. The molecule has 0 aliphatic carbocycles. The summed E-state index contributed by atoms with van der Waals surface area (Å²) in [6, 6.07) is 1.12. The summed E-state index contributed by atoms with van der Waals surface area (Å²) in [7, 11) is 0. The summed E-state index contributed by atoms with van der Waals surface area (Å²) in [6.07, 6.45) is -0.0318. The van der Waals surface area contributed by atoms with E-state index in [0.717, 1.165) is 36.6 Å². The van der Waals surface area contributed by atoms with E-state index in [1.807, 2.05) is 0 Å². The van der Waals surface area contributed by atoms with E-state index < -0.39 is 11.9 Å². The van der Waals surface area contributed by atoms with E-state index in [1.165, 1.54) is 6.20 Å². The maximum absolute atomic E-state index is 12.6. The quantitative estimate of drug-likeness (QED) is 0.847. The lowest BCUT2D eigenvalue weighted by atomic mass is 10.1. The van der Waals surface area contributed by atoms with Crippen LogP contribution in [0.2, 0.25) is 0 Å². The maximum atomic E-state index is 12.6. The van der Waals surface area contributed by atoms with Crippen LogP contribution in [0.5, 0.6) is 0 Å². The number of aromatic nitrogens is 2. The van der Waals surface area contributed by atoms with Gasteiger partial charge in [-0.3, -0.25) is 4.68 Å². The van der Waals surface area contributed by atoms with Crippen molar-refractivity contribution in [3.8, 4) is 0 Å². The monoisotopic (exact) mass is 233 g/mol. The highest BCUT2D eigenvalue weighted by molar-refractivity contribution is 5.05. The molecular formula is C10H14F3N3. The molecule has 3 nitrogen and oxygen atoms in total. The molecule has 1 atom stereocenters. The van der Waals surface area contributed by atoms with Crippen molar-refractivity contribution in [2.75, 3.05) is 6.54 Å². The van der Waals surface area contributed by atoms with Gasteiger partial charge in [0.05, 0.1) is 6.54 Å². The molecule has 2 rings (SSSR count). The number of alkyl halides is 3. The third-order valence-electron chi connectivity index (χ3n) is 2.81. The minimum absolute atomic E-state index is 0.106. The molecule has 0 amide bonds. The lowest BCUT2D eigenvalue weighted by molar-refractivity contribution is -0.144. The van der Waals surface area contributed by atoms with Crippen LogP contribution in [0.25, 0.3) is 0 Å². The third-order valence-corrected chi connectivity index (χ3v) is 2.81. The smallest absolute Gasteiger partial charge is 0.312 e. The van der Waals surface area contributed by atoms with E-state index >= 15 is 0 Å². The highest BCUT2D eigenvalue weighted by Crippen LogP contribution is 2.29. The van der Waals surface area contributed by atoms with E-state index in [1.54, 1.807) is 0 Å². The molecule has 1 aliphatic rings. The molecule has 16 heavy (non-hydrogen) atoms. The SMILES string of the molecule is FC(F)(F)c1ccnn1CC1CCCCN1. The number of hydrogen-bond acceptors (Lipinski definition) is 2. The minimum atomic E-state index is -4.31. The molecule has 0 aromatic carbocycles. The summed E-state index contributed by atoms with van der Waals surface area (Å²) >= 11 is 0. The number of nitrogens with one attached hydrogen (secondary N) is 1. The number of hydrogen-bond donors (Lipinski definition) is 1. The molecule has 1 aromatic heterocycles. The molecular weight excluding hydrogens is 219 g/mol. The number of piperidine rings is 1. The van der Waals surface area contributed by atoms with Gasteiger partial charge in [0.2, 0.25) is 0 Å². The summed E-state index contributed by atoms with van der Waals surface area (Å²) in [4.78, 5) is 0. The molecule has 6 heteroatoms. The Morgan fingerprint density at radius 3 is 2.88 bits per heavy atom. The van der Waals surface area contributed by atoms with E-state index in [9.17, 15) is 13.2 Å². The molecule has 1 unspecified atom stereocenters. The Morgan fingerprint density at radius 1 is 1.44 bits per heavy atom. The van der Waals surface area contributed by atoms with Crippen LogP contribution in [0.4, 0.5) is 13.2 Å². The second-order valence-corrected chi connectivity index (χ2v) is 4.04. The zero-order valence-corrected chi connectivity index (χ0v) is 8.80. The highest BCUT2D eigenvalue weighted by atomic mass is 19.4. The zero-order chi connectivity index (χ0) is 11.6. The van der Waals surface area contributed by atoms with Crippen molar-refractivity contribution in [3.63, 3.8) is 0 Å². The van der Waals surface area contributed by atoms with Gasteiger partial charge < -0.3 is 5.32 Å². The normalized spacial score (nSPS) is 22.3. The van der Waals surface area contributed by atoms with Crippen molar-refractivity contribution in [2.24, 2.45) is 0 Å². The Morgan fingerprint density at radius 2 is 2.25 bits per heavy atom. The van der Waals surface area contributed by atoms with Crippen LogP contribution in [0, 0.1) is 0 Å². The van der Waals surface area contributed by atoms with Gasteiger partial charge in [0.1, 0.15) is 5.69 Å². The van der Waals surface area contributed by atoms with Crippen molar-refractivity contribution in [1.82, 2.24) is 15.1 Å². The van der Waals surface area contributed by atoms with Crippen molar-refractivity contribution < 1.29 is 13.2 Å². The van der Waals surface area contributed by atoms with Gasteiger partial charge in [-0.2, -0.15) is 18.3 Å². The van der Waals surface area contributed by atoms with Gasteiger partial charge in [0.15, 0.2) is 0 Å². The van der Waals surface area contributed by atoms with Crippen molar-refractivity contribution >= 4 is 0 Å². The summed E-state index contributed by atoms with van der Waals surface area (Å²) < 4.78 is 38.7. The first kappa shape index (κ1) is 11.4. The van der Waals surface area contributed by atoms with Crippen molar-refractivity contribution in [2.45, 2.75) is 38.0 Å². The molecule has 0 bridgehead atoms. The predicted octanol–water partition coefficient (Wildman–Crippen LogP) is 2.04. The largest absolute Gasteiger partial charge is 0.433 e. The van der Waals surface area contributed by atoms with Gasteiger partial charge in [-0.1, -0.05) is 6.42 Å². The van der Waals surface area contributed by atoms with Crippen LogP contribution < -0.4 is 5.32 Å². The van der Waals surface area contributed by atoms with Gasteiger partial charge in [-0.25, -0.2) is 0 Å². The van der Waals surface area contributed by atoms with Gasteiger partial charge >= 0.3 is 6.18 Å². The van der Waals surface area contributed by atoms with Gasteiger partial charge in [-0.05, 0) is 25.5 Å². The molecule has 1 aromatic rings. The van der Waals surface area contributed by atoms with Gasteiger partial charge in [-0.15, -0.1) is 0 Å². The van der Waals surface area contributed by atoms with Crippen LogP contribution >= 0.6 is 0 Å². The Hall–Kier alpha value is -1.04. The fourth-order valence-electron chi connectivity index (χ4n) is 2.01. The first-order chi connectivity index (χ1) is 7.57. The average Bonchev–Trinajstić information content (AvgIpc) is 2.67. The van der Waals surface area contributed by atoms with Crippen LogP contribution in [-0.2, 0) is 12.7 Å². The topological polar surface area (TPSA) is 29.9 Å². The Labute approximate surface area is 91.6 Å². The van der Waals surface area contributed by atoms with Crippen LogP contribution in [0.15, 0.2) is 12.3 Å². The number of rotatable bonds is 2. The summed E-state index contributed by atoms with van der Waals surface area (Å²) in [5.41, 5.74) is -0.667. The second kappa shape index (κ2) is 4.45. The molecule has 1 saturated heterocycles. The van der Waals surface area contributed by atoms with E-state index in [2.05, 4.69) is 10.4 Å².